The molecule has 0 aliphatic rings. The maximum Gasteiger partial charge on any atom is 0.251 e. The molecule has 1 amide bonds. The molecule has 3 aromatic rings. The van der Waals surface area contributed by atoms with Crippen molar-refractivity contribution in [3.63, 3.8) is 0 Å². The molecule has 0 aliphatic carbocycles. The summed E-state index contributed by atoms with van der Waals surface area (Å²) in [6, 6.07) is 13.7. The van der Waals surface area contributed by atoms with E-state index < -0.39 is 0 Å². The van der Waals surface area contributed by atoms with Crippen LogP contribution in [0.15, 0.2) is 54.9 Å². The van der Waals surface area contributed by atoms with Crippen LogP contribution in [-0.2, 0) is 11.3 Å². The van der Waals surface area contributed by atoms with Crippen LogP contribution in [0.5, 0.6) is 5.75 Å². The highest BCUT2D eigenvalue weighted by Gasteiger charge is 2.11. The smallest absolute Gasteiger partial charge is 0.251 e. The zero-order chi connectivity index (χ0) is 20.6. The van der Waals surface area contributed by atoms with E-state index in [9.17, 15) is 4.79 Å². The number of rotatable bonds is 8. The molecule has 0 atom stereocenters. The minimum atomic E-state index is -0.184. The molecule has 6 heteroatoms. The summed E-state index contributed by atoms with van der Waals surface area (Å²) in [6.45, 7) is 5.11. The fraction of sp³-hybridized carbons (Fsp3) is 0.261. The molecule has 2 aromatic carbocycles. The molecule has 0 radical (unpaired) electrons. The van der Waals surface area contributed by atoms with Crippen molar-refractivity contribution >= 4 is 5.91 Å². The molecule has 0 spiro atoms. The van der Waals surface area contributed by atoms with Crippen molar-refractivity contribution < 1.29 is 14.3 Å². The molecule has 6 nitrogen and oxygen atoms in total. The second-order valence-electron chi connectivity index (χ2n) is 6.77. The topological polar surface area (TPSA) is 73.3 Å². The van der Waals surface area contributed by atoms with Crippen LogP contribution in [-0.4, -0.2) is 36.2 Å². The number of carbonyl (C=O) groups excluding carboxylic acids is 1. The molecule has 1 aromatic heterocycles. The minimum absolute atomic E-state index is 0.184. The van der Waals surface area contributed by atoms with E-state index in [0.29, 0.717) is 36.9 Å². The molecular formula is C23H25N3O3. The first-order valence-electron chi connectivity index (χ1n) is 9.45. The van der Waals surface area contributed by atoms with Crippen LogP contribution < -0.4 is 10.1 Å². The third-order valence-corrected chi connectivity index (χ3v) is 4.40. The van der Waals surface area contributed by atoms with Crippen LogP contribution in [0.4, 0.5) is 0 Å². The van der Waals surface area contributed by atoms with Crippen molar-refractivity contribution in [2.75, 3.05) is 20.3 Å². The van der Waals surface area contributed by atoms with Crippen LogP contribution in [0.25, 0.3) is 11.1 Å². The highest BCUT2D eigenvalue weighted by Crippen LogP contribution is 2.27. The number of hydrogen-bond acceptors (Lipinski definition) is 5. The lowest BCUT2D eigenvalue weighted by molar-refractivity contribution is 0.0950. The van der Waals surface area contributed by atoms with Gasteiger partial charge < -0.3 is 14.8 Å². The average molecular weight is 391 g/mol. The Morgan fingerprint density at radius 2 is 1.69 bits per heavy atom. The van der Waals surface area contributed by atoms with E-state index in [0.717, 1.165) is 16.7 Å². The zero-order valence-electron chi connectivity index (χ0n) is 16.9. The van der Waals surface area contributed by atoms with Gasteiger partial charge in [0, 0.05) is 37.2 Å². The third kappa shape index (κ3) is 5.86. The van der Waals surface area contributed by atoms with Gasteiger partial charge in [0.15, 0.2) is 0 Å². The Kier molecular flexibility index (Phi) is 6.92. The lowest BCUT2D eigenvalue weighted by Crippen LogP contribution is -2.23. The first-order valence-corrected chi connectivity index (χ1v) is 9.45. The summed E-state index contributed by atoms with van der Waals surface area (Å²) in [6.07, 6.45) is 3.43. The second kappa shape index (κ2) is 9.80. The van der Waals surface area contributed by atoms with Gasteiger partial charge in [-0.25, -0.2) is 9.97 Å². The van der Waals surface area contributed by atoms with Crippen molar-refractivity contribution in [2.24, 2.45) is 0 Å². The van der Waals surface area contributed by atoms with E-state index in [-0.39, 0.29) is 5.91 Å². The van der Waals surface area contributed by atoms with Crippen molar-refractivity contribution in [3.05, 3.63) is 77.4 Å². The first-order chi connectivity index (χ1) is 14.0. The standard InChI is InChI=1S/C23H25N3O3/c1-16-4-6-19(7-5-16)20-10-21(12-22(11-20)29-9-8-28-3)23(27)26-15-18-13-24-17(2)25-14-18/h4-7,10-14H,8-9,15H2,1-3H3,(H,26,27). The van der Waals surface area contributed by atoms with Crippen LogP contribution in [0.1, 0.15) is 27.3 Å². The molecule has 150 valence electrons. The Balaban J connectivity index is 1.81. The molecule has 0 bridgehead atoms. The van der Waals surface area contributed by atoms with Crippen LogP contribution in [0, 0.1) is 13.8 Å². The quantitative estimate of drug-likeness (QED) is 0.593. The number of amides is 1. The van der Waals surface area contributed by atoms with E-state index in [1.54, 1.807) is 25.6 Å². The predicted octanol–water partition coefficient (Wildman–Crippen LogP) is 3.72. The Bertz CT molecular complexity index is 954. The van der Waals surface area contributed by atoms with E-state index in [4.69, 9.17) is 9.47 Å². The number of nitrogens with zero attached hydrogens (tertiary/aromatic N) is 2. The van der Waals surface area contributed by atoms with Gasteiger partial charge in [-0.15, -0.1) is 0 Å². The monoisotopic (exact) mass is 391 g/mol. The fourth-order valence-corrected chi connectivity index (χ4v) is 2.76. The molecule has 3 rings (SSSR count). The summed E-state index contributed by atoms with van der Waals surface area (Å²) in [7, 11) is 1.62. The number of methoxy groups -OCH3 is 1. The summed E-state index contributed by atoms with van der Waals surface area (Å²) in [4.78, 5) is 21.1. The van der Waals surface area contributed by atoms with Gasteiger partial charge in [0.25, 0.3) is 5.91 Å². The van der Waals surface area contributed by atoms with Gasteiger partial charge in [-0.3, -0.25) is 4.79 Å². The largest absolute Gasteiger partial charge is 0.491 e. The number of aryl methyl sites for hydroxylation is 2. The maximum absolute atomic E-state index is 12.8. The van der Waals surface area contributed by atoms with Gasteiger partial charge >= 0.3 is 0 Å². The Morgan fingerprint density at radius 3 is 2.38 bits per heavy atom. The van der Waals surface area contributed by atoms with E-state index >= 15 is 0 Å². The van der Waals surface area contributed by atoms with Gasteiger partial charge in [-0.05, 0) is 43.2 Å². The highest BCUT2D eigenvalue weighted by molar-refractivity contribution is 5.96. The summed E-state index contributed by atoms with van der Waals surface area (Å²) in [5.74, 6) is 1.14. The van der Waals surface area contributed by atoms with Gasteiger partial charge in [0.05, 0.1) is 6.61 Å². The second-order valence-corrected chi connectivity index (χ2v) is 6.77. The molecular weight excluding hydrogens is 366 g/mol. The molecule has 0 saturated carbocycles. The maximum atomic E-state index is 12.8. The molecule has 1 N–H and O–H groups in total. The van der Waals surface area contributed by atoms with E-state index in [2.05, 4.69) is 15.3 Å². The lowest BCUT2D eigenvalue weighted by Gasteiger charge is -2.12. The number of hydrogen-bond donors (Lipinski definition) is 1. The van der Waals surface area contributed by atoms with Crippen LogP contribution >= 0.6 is 0 Å². The van der Waals surface area contributed by atoms with Crippen molar-refractivity contribution in [2.45, 2.75) is 20.4 Å². The van der Waals surface area contributed by atoms with E-state index in [1.807, 2.05) is 50.2 Å². The minimum Gasteiger partial charge on any atom is -0.491 e. The molecule has 0 saturated heterocycles. The lowest BCUT2D eigenvalue weighted by atomic mass is 10.0. The molecule has 29 heavy (non-hydrogen) atoms. The molecule has 0 fully saturated rings. The van der Waals surface area contributed by atoms with Crippen molar-refractivity contribution in [1.82, 2.24) is 15.3 Å². The summed E-state index contributed by atoms with van der Waals surface area (Å²) < 4.78 is 10.8. The Hall–Kier alpha value is -3.25. The van der Waals surface area contributed by atoms with Gasteiger partial charge in [0.1, 0.15) is 18.2 Å². The summed E-state index contributed by atoms with van der Waals surface area (Å²) >= 11 is 0. The van der Waals surface area contributed by atoms with Gasteiger partial charge in [-0.1, -0.05) is 29.8 Å². The molecule has 1 heterocycles. The third-order valence-electron chi connectivity index (χ3n) is 4.40. The van der Waals surface area contributed by atoms with Gasteiger partial charge in [-0.2, -0.15) is 0 Å². The van der Waals surface area contributed by atoms with Gasteiger partial charge in [0.2, 0.25) is 0 Å². The van der Waals surface area contributed by atoms with E-state index in [1.165, 1.54) is 5.56 Å². The van der Waals surface area contributed by atoms with Crippen molar-refractivity contribution in [3.8, 4) is 16.9 Å². The first kappa shape index (κ1) is 20.5. The number of carbonyl (C=O) groups is 1. The van der Waals surface area contributed by atoms with Crippen LogP contribution in [0.3, 0.4) is 0 Å². The number of aromatic nitrogens is 2. The molecule has 0 aliphatic heterocycles. The fourth-order valence-electron chi connectivity index (χ4n) is 2.76. The zero-order valence-corrected chi connectivity index (χ0v) is 16.9. The number of benzene rings is 2. The average Bonchev–Trinajstić information content (AvgIpc) is 2.73. The Labute approximate surface area is 170 Å². The number of ether oxygens (including phenoxy) is 2. The summed E-state index contributed by atoms with van der Waals surface area (Å²) in [5, 5.41) is 2.92. The molecule has 0 unspecified atom stereocenters. The SMILES string of the molecule is COCCOc1cc(C(=O)NCc2cnc(C)nc2)cc(-c2ccc(C)cc2)c1. The normalized spacial score (nSPS) is 10.6. The van der Waals surface area contributed by atoms with Crippen LogP contribution in [0.2, 0.25) is 0 Å². The van der Waals surface area contributed by atoms with Crippen molar-refractivity contribution in [1.29, 1.82) is 0 Å². The highest BCUT2D eigenvalue weighted by atomic mass is 16.5. The predicted molar refractivity (Wildman–Crippen MR) is 112 cm³/mol. The number of nitrogens with one attached hydrogen (secondary N) is 1. The Morgan fingerprint density at radius 1 is 0.966 bits per heavy atom. The summed E-state index contributed by atoms with van der Waals surface area (Å²) in [5.41, 5.74) is 4.50.